The number of nitrogens with two attached hydrogens (primary N) is 2. The third kappa shape index (κ3) is 3.64. The van der Waals surface area contributed by atoms with Crippen LogP contribution < -0.4 is 16.6 Å². The fraction of sp³-hybridized carbons (Fsp3) is 0.381. The number of anilines is 2. The number of pyridine rings is 1. The number of carbonyl (C=O) groups excluding carboxylic acids is 1. The van der Waals surface area contributed by atoms with Gasteiger partial charge in [0.05, 0.1) is 10.9 Å². The average molecular weight is 537 g/mol. The van der Waals surface area contributed by atoms with E-state index in [1.807, 2.05) is 6.92 Å². The van der Waals surface area contributed by atoms with Gasteiger partial charge in [-0.05, 0) is 26.0 Å². The van der Waals surface area contributed by atoms with Crippen LogP contribution in [0.5, 0.6) is 0 Å². The Morgan fingerprint density at radius 1 is 1.16 bits per heavy atom. The Labute approximate surface area is 210 Å². The first-order valence-corrected chi connectivity index (χ1v) is 11.2. The molecule has 12 nitrogen and oxygen atoms in total. The number of hydrogen-bond donors (Lipinski definition) is 2. The molecule has 5 rings (SSSR count). The zero-order valence-electron chi connectivity index (χ0n) is 19.9. The zero-order chi connectivity index (χ0) is 27.6. The van der Waals surface area contributed by atoms with Gasteiger partial charge in [-0.25, -0.2) is 30.5 Å². The Balaban J connectivity index is 1.61. The largest absolute Gasteiger partial charge is 0.453 e. The molecule has 200 valence electrons. The Morgan fingerprint density at radius 3 is 2.55 bits per heavy atom. The molecule has 38 heavy (non-hydrogen) atoms. The number of hydrazine groups is 1. The molecule has 0 fully saturated rings. The first-order chi connectivity index (χ1) is 17.8. The van der Waals surface area contributed by atoms with Crippen molar-refractivity contribution in [3.05, 3.63) is 35.8 Å². The fourth-order valence-corrected chi connectivity index (χ4v) is 4.31. The number of aryl methyl sites for hydroxylation is 2. The minimum absolute atomic E-state index is 0.00399. The SMILES string of the molecule is CCn1cc(C2(C)C(=O)N(N)c3nc(-c4nn(CCC(F)(F)C(F)(F)F)c5ncccc45)nc(N)c32)nn1. The highest BCUT2D eigenvalue weighted by molar-refractivity contribution is 6.09. The molecular formula is C21H20F5N11O. The molecule has 4 aromatic heterocycles. The predicted octanol–water partition coefficient (Wildman–Crippen LogP) is 2.20. The van der Waals surface area contributed by atoms with Crippen molar-refractivity contribution >= 4 is 28.6 Å². The lowest BCUT2D eigenvalue weighted by Crippen LogP contribution is -2.43. The van der Waals surface area contributed by atoms with Crippen molar-refractivity contribution in [3.63, 3.8) is 0 Å². The maximum Gasteiger partial charge on any atom is 0.453 e. The maximum absolute atomic E-state index is 13.6. The highest BCUT2D eigenvalue weighted by Crippen LogP contribution is 2.46. The molecule has 1 unspecified atom stereocenters. The standard InChI is InChI=1S/C21H20F5N11O/c1-3-35-9-11(32-34-35)19(2)12-14(27)30-15(31-17(12)37(28)18(19)38)13-10-5-4-7-29-16(10)36(33-13)8-6-20(22,23)21(24,25)26/h4-5,7,9H,3,6,8,28H2,1-2H3,(H2,27,30,31). The van der Waals surface area contributed by atoms with Crippen molar-refractivity contribution in [2.45, 2.75) is 50.9 Å². The Kier molecular flexibility index (Phi) is 5.59. The van der Waals surface area contributed by atoms with Crippen LogP contribution in [0.25, 0.3) is 22.6 Å². The van der Waals surface area contributed by atoms with Crippen molar-refractivity contribution < 1.29 is 26.7 Å². The Bertz CT molecular complexity index is 1560. The van der Waals surface area contributed by atoms with E-state index in [1.165, 1.54) is 23.0 Å². The van der Waals surface area contributed by atoms with Crippen LogP contribution in [0, 0.1) is 0 Å². The van der Waals surface area contributed by atoms with Crippen molar-refractivity contribution in [1.82, 2.24) is 39.7 Å². The highest BCUT2D eigenvalue weighted by Gasteiger charge is 2.57. The monoisotopic (exact) mass is 537 g/mol. The molecule has 17 heteroatoms. The quantitative estimate of drug-likeness (QED) is 0.214. The molecule has 1 amide bonds. The number of alkyl halides is 5. The lowest BCUT2D eigenvalue weighted by atomic mass is 9.81. The van der Waals surface area contributed by atoms with Crippen molar-refractivity contribution in [3.8, 4) is 11.5 Å². The van der Waals surface area contributed by atoms with Crippen LogP contribution >= 0.6 is 0 Å². The second-order valence-corrected chi connectivity index (χ2v) is 8.79. The molecule has 0 spiro atoms. The van der Waals surface area contributed by atoms with E-state index in [1.54, 1.807) is 13.1 Å². The molecule has 4 aromatic rings. The van der Waals surface area contributed by atoms with Crippen molar-refractivity contribution in [1.29, 1.82) is 0 Å². The first kappa shape index (κ1) is 25.4. The highest BCUT2D eigenvalue weighted by atomic mass is 19.4. The van der Waals surface area contributed by atoms with E-state index in [-0.39, 0.29) is 45.4 Å². The van der Waals surface area contributed by atoms with Crippen molar-refractivity contribution in [2.75, 3.05) is 10.7 Å². The third-order valence-electron chi connectivity index (χ3n) is 6.44. The molecule has 0 radical (unpaired) electrons. The van der Waals surface area contributed by atoms with Crippen LogP contribution in [0.3, 0.4) is 0 Å². The van der Waals surface area contributed by atoms with Gasteiger partial charge in [-0.3, -0.25) is 9.48 Å². The summed E-state index contributed by atoms with van der Waals surface area (Å²) in [6, 6.07) is 3.04. The molecule has 0 aromatic carbocycles. The summed E-state index contributed by atoms with van der Waals surface area (Å²) in [6.07, 6.45) is -4.36. The van der Waals surface area contributed by atoms with Crippen LogP contribution in [0.15, 0.2) is 24.5 Å². The summed E-state index contributed by atoms with van der Waals surface area (Å²) in [5.74, 6) is 0.235. The number of hydrogen-bond acceptors (Lipinski definition) is 9. The smallest absolute Gasteiger partial charge is 0.383 e. The second-order valence-electron chi connectivity index (χ2n) is 8.79. The number of nitrogen functional groups attached to an aromatic ring is 1. The summed E-state index contributed by atoms with van der Waals surface area (Å²) in [5.41, 5.74) is 5.32. The summed E-state index contributed by atoms with van der Waals surface area (Å²) in [6.45, 7) is 3.10. The molecular weight excluding hydrogens is 517 g/mol. The summed E-state index contributed by atoms with van der Waals surface area (Å²) in [5, 5.41) is 13.3. The Hall–Kier alpha value is -4.28. The van der Waals surface area contributed by atoms with Crippen LogP contribution in [0.4, 0.5) is 33.6 Å². The number of fused-ring (bicyclic) bond motifs is 2. The van der Waals surface area contributed by atoms with Crippen LogP contribution in [-0.2, 0) is 23.3 Å². The number of rotatable bonds is 6. The molecule has 0 saturated carbocycles. The average Bonchev–Trinajstić information content (AvgIpc) is 3.54. The van der Waals surface area contributed by atoms with E-state index in [4.69, 9.17) is 11.6 Å². The van der Waals surface area contributed by atoms with Crippen LogP contribution in [-0.4, -0.2) is 57.7 Å². The molecule has 1 aliphatic rings. The van der Waals surface area contributed by atoms with Gasteiger partial charge in [0, 0.05) is 31.9 Å². The zero-order valence-corrected chi connectivity index (χ0v) is 19.9. The lowest BCUT2D eigenvalue weighted by molar-refractivity contribution is -0.285. The summed E-state index contributed by atoms with van der Waals surface area (Å²) in [7, 11) is 0. The predicted molar refractivity (Wildman–Crippen MR) is 122 cm³/mol. The molecule has 1 atom stereocenters. The van der Waals surface area contributed by atoms with Crippen LogP contribution in [0.1, 0.15) is 31.5 Å². The second kappa shape index (κ2) is 8.37. The molecule has 0 saturated heterocycles. The number of nitrogens with zero attached hydrogens (tertiary/aromatic N) is 9. The molecule has 4 N–H and O–H groups in total. The maximum atomic E-state index is 13.6. The van der Waals surface area contributed by atoms with Gasteiger partial charge in [0.25, 0.3) is 5.91 Å². The van der Waals surface area contributed by atoms with Gasteiger partial charge >= 0.3 is 12.1 Å². The van der Waals surface area contributed by atoms with E-state index in [2.05, 4.69) is 30.4 Å². The summed E-state index contributed by atoms with van der Waals surface area (Å²) in [4.78, 5) is 26.0. The number of carbonyl (C=O) groups is 1. The number of halogens is 5. The fourth-order valence-electron chi connectivity index (χ4n) is 4.31. The summed E-state index contributed by atoms with van der Waals surface area (Å²) < 4.78 is 67.6. The minimum Gasteiger partial charge on any atom is -0.383 e. The van der Waals surface area contributed by atoms with E-state index < -0.39 is 36.4 Å². The molecule has 0 bridgehead atoms. The lowest BCUT2D eigenvalue weighted by Gasteiger charge is -2.20. The van der Waals surface area contributed by atoms with Gasteiger partial charge in [-0.2, -0.15) is 27.1 Å². The van der Waals surface area contributed by atoms with Gasteiger partial charge in [-0.15, -0.1) is 5.10 Å². The number of aromatic nitrogens is 8. The van der Waals surface area contributed by atoms with E-state index >= 15 is 0 Å². The minimum atomic E-state index is -5.71. The Morgan fingerprint density at radius 2 is 1.89 bits per heavy atom. The van der Waals surface area contributed by atoms with Gasteiger partial charge in [0.15, 0.2) is 17.3 Å². The van der Waals surface area contributed by atoms with Gasteiger partial charge in [0.2, 0.25) is 0 Å². The van der Waals surface area contributed by atoms with E-state index in [9.17, 15) is 26.7 Å². The van der Waals surface area contributed by atoms with Crippen LogP contribution in [0.2, 0.25) is 0 Å². The molecule has 1 aliphatic heterocycles. The van der Waals surface area contributed by atoms with Gasteiger partial charge in [-0.1, -0.05) is 5.21 Å². The van der Waals surface area contributed by atoms with Gasteiger partial charge < -0.3 is 5.73 Å². The van der Waals surface area contributed by atoms with Gasteiger partial charge in [0.1, 0.15) is 22.6 Å². The topological polar surface area (TPSA) is 160 Å². The summed E-state index contributed by atoms with van der Waals surface area (Å²) >= 11 is 0. The van der Waals surface area contributed by atoms with E-state index in [0.29, 0.717) is 6.54 Å². The molecule has 0 aliphatic carbocycles. The van der Waals surface area contributed by atoms with E-state index in [0.717, 1.165) is 9.69 Å². The first-order valence-electron chi connectivity index (χ1n) is 11.2. The van der Waals surface area contributed by atoms with Crippen molar-refractivity contribution in [2.24, 2.45) is 5.84 Å². The normalized spacial score (nSPS) is 18.0. The third-order valence-corrected chi connectivity index (χ3v) is 6.44. The number of amides is 1. The molecule has 5 heterocycles.